The van der Waals surface area contributed by atoms with E-state index in [4.69, 9.17) is 39.9 Å². The van der Waals surface area contributed by atoms with Crippen molar-refractivity contribution < 1.29 is 14.7 Å². The summed E-state index contributed by atoms with van der Waals surface area (Å²) in [5, 5.41) is 12.6. The molecule has 7 heteroatoms. The van der Waals surface area contributed by atoms with Crippen molar-refractivity contribution in [2.45, 2.75) is 25.7 Å². The van der Waals surface area contributed by atoms with Crippen LogP contribution in [0.25, 0.3) is 0 Å². The summed E-state index contributed by atoms with van der Waals surface area (Å²) in [5.74, 6) is -1.92. The monoisotopic (exact) mass is 349 g/mol. The first-order chi connectivity index (χ1) is 9.88. The quantitative estimate of drug-likeness (QED) is 0.845. The van der Waals surface area contributed by atoms with Gasteiger partial charge < -0.3 is 10.4 Å². The van der Waals surface area contributed by atoms with E-state index in [1.54, 1.807) is 0 Å². The minimum atomic E-state index is -0.852. The second kappa shape index (κ2) is 6.86. The van der Waals surface area contributed by atoms with Crippen LogP contribution in [-0.4, -0.2) is 17.0 Å². The first-order valence-electron chi connectivity index (χ1n) is 6.56. The molecule has 2 rings (SSSR count). The third kappa shape index (κ3) is 4.02. The largest absolute Gasteiger partial charge is 0.481 e. The van der Waals surface area contributed by atoms with Crippen LogP contribution in [-0.2, 0) is 9.59 Å². The molecule has 0 heterocycles. The Labute approximate surface area is 137 Å². The van der Waals surface area contributed by atoms with Crippen molar-refractivity contribution in [3.8, 4) is 0 Å². The van der Waals surface area contributed by atoms with E-state index >= 15 is 0 Å². The van der Waals surface area contributed by atoms with E-state index < -0.39 is 11.9 Å². The maximum absolute atomic E-state index is 12.3. The number of halogens is 3. The van der Waals surface area contributed by atoms with Crippen molar-refractivity contribution in [3.05, 3.63) is 27.2 Å². The Morgan fingerprint density at radius 1 is 1.10 bits per heavy atom. The fourth-order valence-corrected chi connectivity index (χ4v) is 3.45. The minimum absolute atomic E-state index is 0.256. The van der Waals surface area contributed by atoms with E-state index in [1.165, 1.54) is 12.1 Å². The zero-order chi connectivity index (χ0) is 15.6. The standard InChI is InChI=1S/C14H14Cl3NO3/c15-9-5-10(16)12(11(17)6-9)18-13(19)7-2-1-3-8(4-7)14(20)21/h5-8H,1-4H2,(H,18,19)(H,20,21). The number of carboxylic acid groups (broad SMARTS) is 1. The van der Waals surface area contributed by atoms with Gasteiger partial charge in [-0.3, -0.25) is 9.59 Å². The molecule has 114 valence electrons. The Balaban J connectivity index is 2.10. The smallest absolute Gasteiger partial charge is 0.306 e. The van der Waals surface area contributed by atoms with Crippen LogP contribution in [0.4, 0.5) is 5.69 Å². The normalized spacial score (nSPS) is 21.9. The fourth-order valence-electron chi connectivity index (χ4n) is 2.54. The molecule has 0 aliphatic heterocycles. The number of nitrogens with one attached hydrogen (secondary N) is 1. The van der Waals surface area contributed by atoms with Crippen molar-refractivity contribution in [3.63, 3.8) is 0 Å². The minimum Gasteiger partial charge on any atom is -0.481 e. The summed E-state index contributed by atoms with van der Waals surface area (Å²) in [4.78, 5) is 23.3. The molecule has 0 saturated heterocycles. The molecule has 4 nitrogen and oxygen atoms in total. The number of anilines is 1. The van der Waals surface area contributed by atoms with Crippen LogP contribution < -0.4 is 5.32 Å². The molecule has 1 aromatic carbocycles. The molecule has 2 N–H and O–H groups in total. The third-order valence-electron chi connectivity index (χ3n) is 3.65. The molecule has 1 aromatic rings. The Morgan fingerprint density at radius 3 is 2.24 bits per heavy atom. The highest BCUT2D eigenvalue weighted by Gasteiger charge is 2.31. The summed E-state index contributed by atoms with van der Waals surface area (Å²) in [5.41, 5.74) is 0.310. The average Bonchev–Trinajstić information content (AvgIpc) is 2.42. The third-order valence-corrected chi connectivity index (χ3v) is 4.46. The van der Waals surface area contributed by atoms with Gasteiger partial charge >= 0.3 is 5.97 Å². The highest BCUT2D eigenvalue weighted by atomic mass is 35.5. The number of carbonyl (C=O) groups excluding carboxylic acids is 1. The molecule has 2 atom stereocenters. The van der Waals surface area contributed by atoms with Gasteiger partial charge in [-0.1, -0.05) is 41.2 Å². The summed E-state index contributed by atoms with van der Waals surface area (Å²) in [6.07, 6.45) is 2.33. The summed E-state index contributed by atoms with van der Waals surface area (Å²) in [6, 6.07) is 2.98. The predicted octanol–water partition coefficient (Wildman–Crippen LogP) is 4.48. The zero-order valence-electron chi connectivity index (χ0n) is 11.0. The van der Waals surface area contributed by atoms with Gasteiger partial charge in [0.05, 0.1) is 21.7 Å². The molecular weight excluding hydrogens is 337 g/mol. The molecule has 0 bridgehead atoms. The van der Waals surface area contributed by atoms with Crippen molar-refractivity contribution in [1.29, 1.82) is 0 Å². The topological polar surface area (TPSA) is 66.4 Å². The number of amides is 1. The second-order valence-corrected chi connectivity index (χ2v) is 6.38. The maximum atomic E-state index is 12.3. The number of benzene rings is 1. The lowest BCUT2D eigenvalue weighted by Crippen LogP contribution is -2.31. The Kier molecular flexibility index (Phi) is 5.36. The van der Waals surface area contributed by atoms with Crippen molar-refractivity contribution in [2.75, 3.05) is 5.32 Å². The summed E-state index contributed by atoms with van der Waals surface area (Å²) >= 11 is 17.9. The van der Waals surface area contributed by atoms with Gasteiger partial charge in [-0.15, -0.1) is 0 Å². The Bertz CT molecular complexity index is 554. The van der Waals surface area contributed by atoms with Gasteiger partial charge in [0.15, 0.2) is 0 Å². The van der Waals surface area contributed by atoms with Gasteiger partial charge in [-0.05, 0) is 31.4 Å². The molecule has 1 fully saturated rings. The number of rotatable bonds is 3. The van der Waals surface area contributed by atoms with Crippen LogP contribution in [0, 0.1) is 11.8 Å². The van der Waals surface area contributed by atoms with E-state index in [0.717, 1.165) is 6.42 Å². The highest BCUT2D eigenvalue weighted by Crippen LogP contribution is 2.35. The Hall–Kier alpha value is -0.970. The van der Waals surface area contributed by atoms with E-state index in [0.29, 0.717) is 30.0 Å². The first kappa shape index (κ1) is 16.4. The van der Waals surface area contributed by atoms with Crippen LogP contribution in [0.15, 0.2) is 12.1 Å². The number of carbonyl (C=O) groups is 2. The molecule has 1 aliphatic rings. The predicted molar refractivity (Wildman–Crippen MR) is 83.2 cm³/mol. The molecule has 0 aromatic heterocycles. The van der Waals surface area contributed by atoms with E-state index in [1.807, 2.05) is 0 Å². The van der Waals surface area contributed by atoms with Gasteiger partial charge in [-0.25, -0.2) is 0 Å². The van der Waals surface area contributed by atoms with Gasteiger partial charge in [0, 0.05) is 10.9 Å². The summed E-state index contributed by atoms with van der Waals surface area (Å²) in [7, 11) is 0. The SMILES string of the molecule is O=C(O)C1CCCC(C(=O)Nc2c(Cl)cc(Cl)cc2Cl)C1. The molecule has 0 spiro atoms. The van der Waals surface area contributed by atoms with Gasteiger partial charge in [0.2, 0.25) is 5.91 Å². The molecule has 21 heavy (non-hydrogen) atoms. The van der Waals surface area contributed by atoms with E-state index in [2.05, 4.69) is 5.32 Å². The first-order valence-corrected chi connectivity index (χ1v) is 7.70. The zero-order valence-corrected chi connectivity index (χ0v) is 13.3. The number of aliphatic carboxylic acids is 1. The van der Waals surface area contributed by atoms with Crippen molar-refractivity contribution >= 4 is 52.4 Å². The van der Waals surface area contributed by atoms with Crippen LogP contribution in [0.2, 0.25) is 15.1 Å². The summed E-state index contributed by atoms with van der Waals surface area (Å²) in [6.45, 7) is 0. The summed E-state index contributed by atoms with van der Waals surface area (Å²) < 4.78 is 0. The lowest BCUT2D eigenvalue weighted by Gasteiger charge is -2.26. The van der Waals surface area contributed by atoms with E-state index in [9.17, 15) is 9.59 Å². The molecule has 0 radical (unpaired) electrons. The Morgan fingerprint density at radius 2 is 1.67 bits per heavy atom. The fraction of sp³-hybridized carbons (Fsp3) is 0.429. The molecule has 1 amide bonds. The molecular formula is C14H14Cl3NO3. The van der Waals surface area contributed by atoms with Gasteiger partial charge in [-0.2, -0.15) is 0 Å². The highest BCUT2D eigenvalue weighted by molar-refractivity contribution is 6.42. The number of hydrogen-bond donors (Lipinski definition) is 2. The maximum Gasteiger partial charge on any atom is 0.306 e. The number of carboxylic acids is 1. The van der Waals surface area contributed by atoms with Crippen molar-refractivity contribution in [2.24, 2.45) is 11.8 Å². The lowest BCUT2D eigenvalue weighted by molar-refractivity contribution is -0.143. The second-order valence-electron chi connectivity index (χ2n) is 5.13. The van der Waals surface area contributed by atoms with Gasteiger partial charge in [0.25, 0.3) is 0 Å². The van der Waals surface area contributed by atoms with Crippen LogP contribution in [0.1, 0.15) is 25.7 Å². The molecule has 1 saturated carbocycles. The van der Waals surface area contributed by atoms with Crippen LogP contribution in [0.3, 0.4) is 0 Å². The van der Waals surface area contributed by atoms with Gasteiger partial charge in [0.1, 0.15) is 0 Å². The molecule has 1 aliphatic carbocycles. The number of hydrogen-bond acceptors (Lipinski definition) is 2. The van der Waals surface area contributed by atoms with E-state index in [-0.39, 0.29) is 21.9 Å². The molecule has 2 unspecified atom stereocenters. The van der Waals surface area contributed by atoms with Crippen LogP contribution >= 0.6 is 34.8 Å². The van der Waals surface area contributed by atoms with Crippen molar-refractivity contribution in [1.82, 2.24) is 0 Å². The van der Waals surface area contributed by atoms with Crippen LogP contribution in [0.5, 0.6) is 0 Å². The average molecular weight is 351 g/mol. The lowest BCUT2D eigenvalue weighted by atomic mass is 9.81.